The number of morpholine rings is 2. The third kappa shape index (κ3) is 15.8. The minimum atomic E-state index is 0.144. The summed E-state index contributed by atoms with van der Waals surface area (Å²) in [5.41, 5.74) is 7.66. The summed E-state index contributed by atoms with van der Waals surface area (Å²) >= 11 is 0. The van der Waals surface area contributed by atoms with Gasteiger partial charge in [0.2, 0.25) is 5.91 Å². The van der Waals surface area contributed by atoms with Crippen LogP contribution in [0.5, 0.6) is 0 Å². The summed E-state index contributed by atoms with van der Waals surface area (Å²) in [4.78, 5) is 56.0. The van der Waals surface area contributed by atoms with Crippen LogP contribution in [0.2, 0.25) is 0 Å². The van der Waals surface area contributed by atoms with E-state index in [2.05, 4.69) is 181 Å². The zero-order valence-corrected chi connectivity index (χ0v) is 48.5. The average Bonchev–Trinajstić information content (AvgIpc) is 3.50. The lowest BCUT2D eigenvalue weighted by Gasteiger charge is -2.43. The third-order valence-corrected chi connectivity index (χ3v) is 16.3. The van der Waals surface area contributed by atoms with E-state index in [1.165, 1.54) is 28.4 Å². The highest BCUT2D eigenvalue weighted by Gasteiger charge is 2.32. The van der Waals surface area contributed by atoms with E-state index in [4.69, 9.17) is 9.47 Å². The summed E-state index contributed by atoms with van der Waals surface area (Å²) < 4.78 is 10.9. The lowest BCUT2D eigenvalue weighted by atomic mass is 10.0. The molecule has 13 nitrogen and oxygen atoms in total. The molecule has 5 aromatic rings. The van der Waals surface area contributed by atoms with E-state index < -0.39 is 0 Å². The second kappa shape index (κ2) is 29.1. The first kappa shape index (κ1) is 58.6. The van der Waals surface area contributed by atoms with E-state index in [1.54, 1.807) is 6.92 Å². The number of ether oxygens (including phenoxy) is 2. The normalized spacial score (nSPS) is 19.0. The van der Waals surface area contributed by atoms with Crippen molar-refractivity contribution in [3.8, 4) is 0 Å². The van der Waals surface area contributed by atoms with E-state index in [9.17, 15) is 14.4 Å². The van der Waals surface area contributed by atoms with Gasteiger partial charge in [0.25, 0.3) is 11.8 Å². The van der Waals surface area contributed by atoms with Crippen molar-refractivity contribution < 1.29 is 23.9 Å². The first-order valence-electron chi connectivity index (χ1n) is 29.6. The van der Waals surface area contributed by atoms with Crippen molar-refractivity contribution in [3.05, 3.63) is 151 Å². The van der Waals surface area contributed by atoms with Crippen LogP contribution in [0, 0.1) is 0 Å². The van der Waals surface area contributed by atoms with Gasteiger partial charge in [0.15, 0.2) is 0 Å². The molecule has 0 N–H and O–H groups in total. The Kier molecular flexibility index (Phi) is 21.5. The highest BCUT2D eigenvalue weighted by Crippen LogP contribution is 2.30. The molecule has 5 aromatic carbocycles. The van der Waals surface area contributed by atoms with Crippen molar-refractivity contribution >= 4 is 46.2 Å². The molecule has 5 aliphatic rings. The molecule has 0 saturated carbocycles. The van der Waals surface area contributed by atoms with Gasteiger partial charge < -0.3 is 48.7 Å². The molecular weight excluding hydrogens is 985 g/mol. The second-order valence-corrected chi connectivity index (χ2v) is 22.6. The molecule has 0 radical (unpaired) electrons. The number of carbonyl (C=O) groups excluding carboxylic acids is 3. The van der Waals surface area contributed by atoms with Crippen molar-refractivity contribution in [3.63, 3.8) is 0 Å². The van der Waals surface area contributed by atoms with Crippen molar-refractivity contribution in [1.29, 1.82) is 0 Å². The predicted molar refractivity (Wildman–Crippen MR) is 324 cm³/mol. The Morgan fingerprint density at radius 3 is 1.05 bits per heavy atom. The Hall–Kier alpha value is -6.57. The summed E-state index contributed by atoms with van der Waals surface area (Å²) in [5.74, 6) is 0.490. The van der Waals surface area contributed by atoms with Gasteiger partial charge in [-0.15, -0.1) is 0 Å². The van der Waals surface area contributed by atoms with Crippen LogP contribution in [-0.2, 0) is 14.3 Å². The Morgan fingerprint density at radius 1 is 0.405 bits per heavy atom. The molecular formula is C66H90N8O5. The van der Waals surface area contributed by atoms with Crippen molar-refractivity contribution in [2.75, 3.05) is 116 Å². The molecule has 0 spiro atoms. The monoisotopic (exact) mass is 1070 g/mol. The van der Waals surface area contributed by atoms with E-state index in [0.29, 0.717) is 36.3 Å². The molecule has 0 bridgehead atoms. The highest BCUT2D eigenvalue weighted by molar-refractivity contribution is 5.95. The minimum absolute atomic E-state index is 0.144. The number of piperidine rings is 3. The molecule has 79 heavy (non-hydrogen) atoms. The fourth-order valence-corrected chi connectivity index (χ4v) is 12.4. The van der Waals surface area contributed by atoms with Crippen LogP contribution in [0.4, 0.5) is 28.4 Å². The summed E-state index contributed by atoms with van der Waals surface area (Å²) in [6, 6.07) is 50.5. The van der Waals surface area contributed by atoms with Crippen LogP contribution in [0.3, 0.4) is 0 Å². The molecule has 5 fully saturated rings. The first-order valence-corrected chi connectivity index (χ1v) is 29.6. The van der Waals surface area contributed by atoms with Gasteiger partial charge in [0.1, 0.15) is 0 Å². The Balaban J connectivity index is 0.000000161. The van der Waals surface area contributed by atoms with E-state index in [0.717, 1.165) is 142 Å². The quantitative estimate of drug-likeness (QED) is 0.113. The lowest BCUT2D eigenvalue weighted by Crippen LogP contribution is -2.52. The number of nitrogens with zero attached hydrogens (tertiary/aromatic N) is 8. The summed E-state index contributed by atoms with van der Waals surface area (Å²) in [5, 5.41) is 0. The molecule has 3 amide bonds. The maximum Gasteiger partial charge on any atom is 0.253 e. The number of benzene rings is 5. The van der Waals surface area contributed by atoms with Gasteiger partial charge in [-0.1, -0.05) is 54.6 Å². The zero-order chi connectivity index (χ0) is 55.7. The average molecular weight is 1080 g/mol. The second-order valence-electron chi connectivity index (χ2n) is 22.6. The Bertz CT molecular complexity index is 2460. The summed E-state index contributed by atoms with van der Waals surface area (Å²) in [6.07, 6.45) is 6.44. The Morgan fingerprint density at radius 2 is 0.734 bits per heavy atom. The van der Waals surface area contributed by atoms with Crippen LogP contribution in [-0.4, -0.2) is 161 Å². The van der Waals surface area contributed by atoms with Crippen LogP contribution < -0.4 is 24.5 Å². The number of anilines is 5. The molecule has 5 saturated heterocycles. The topological polar surface area (TPSA) is 95.6 Å². The zero-order valence-electron chi connectivity index (χ0n) is 48.5. The van der Waals surface area contributed by atoms with Gasteiger partial charge in [-0.3, -0.25) is 14.4 Å². The van der Waals surface area contributed by atoms with Crippen molar-refractivity contribution in [2.45, 2.75) is 123 Å². The molecule has 424 valence electrons. The standard InChI is InChI=1S/2C25H33N3O2.C16H24N2O/c2*1-20(2)28(23-7-4-3-5-8-23)24-9-6-14-27(19-24)25(29)21-10-12-22(13-11-21)26-15-17-30-18-16-26;1-13(2)18(15-7-5-4-6-8-15)16-9-11-17(12-10-16)14(3)19/h2*3-5,7-8,10-13,20,24H,6,9,14-19H2,1-2H3;4-8,13,16H,9-12H2,1-3H3/t2*24-;/m10./s1. The van der Waals surface area contributed by atoms with Gasteiger partial charge >= 0.3 is 0 Å². The van der Waals surface area contributed by atoms with Gasteiger partial charge in [0, 0.05) is 148 Å². The smallest absolute Gasteiger partial charge is 0.253 e. The molecule has 2 atom stereocenters. The molecule has 0 aromatic heterocycles. The fraction of sp³-hybridized carbons (Fsp3) is 0.500. The van der Waals surface area contributed by atoms with Gasteiger partial charge in [0.05, 0.1) is 26.4 Å². The minimum Gasteiger partial charge on any atom is -0.378 e. The van der Waals surface area contributed by atoms with Gasteiger partial charge in [-0.25, -0.2) is 0 Å². The first-order chi connectivity index (χ1) is 38.4. The fourth-order valence-electron chi connectivity index (χ4n) is 12.4. The molecule has 5 heterocycles. The maximum atomic E-state index is 13.2. The molecule has 5 aliphatic heterocycles. The number of likely N-dealkylation sites (tertiary alicyclic amines) is 3. The van der Waals surface area contributed by atoms with Crippen LogP contribution in [0.25, 0.3) is 0 Å². The number of carbonyl (C=O) groups is 3. The van der Waals surface area contributed by atoms with E-state index in [-0.39, 0.29) is 17.7 Å². The highest BCUT2D eigenvalue weighted by atomic mass is 16.5. The van der Waals surface area contributed by atoms with Crippen LogP contribution in [0.15, 0.2) is 140 Å². The maximum absolute atomic E-state index is 13.2. The van der Waals surface area contributed by atoms with Crippen LogP contribution >= 0.6 is 0 Å². The lowest BCUT2D eigenvalue weighted by molar-refractivity contribution is -0.129. The van der Waals surface area contributed by atoms with E-state index >= 15 is 0 Å². The van der Waals surface area contributed by atoms with Crippen molar-refractivity contribution in [1.82, 2.24) is 14.7 Å². The number of rotatable bonds is 13. The molecule has 0 aliphatic carbocycles. The molecule has 10 rings (SSSR count). The summed E-state index contributed by atoms with van der Waals surface area (Å²) in [7, 11) is 0. The number of hydrogen-bond acceptors (Lipinski definition) is 10. The van der Waals surface area contributed by atoms with Crippen molar-refractivity contribution in [2.24, 2.45) is 0 Å². The Labute approximate surface area is 473 Å². The van der Waals surface area contributed by atoms with E-state index in [1.807, 2.05) is 39.0 Å². The van der Waals surface area contributed by atoms with Crippen LogP contribution in [0.1, 0.15) is 108 Å². The number of amides is 3. The third-order valence-electron chi connectivity index (χ3n) is 16.3. The largest absolute Gasteiger partial charge is 0.378 e. The molecule has 13 heteroatoms. The predicted octanol–water partition coefficient (Wildman–Crippen LogP) is 11.0. The van der Waals surface area contributed by atoms with Gasteiger partial charge in [-0.05, 0) is 165 Å². The van der Waals surface area contributed by atoms with Gasteiger partial charge in [-0.2, -0.15) is 0 Å². The number of hydrogen-bond donors (Lipinski definition) is 0. The SMILES string of the molecule is CC(=O)N1CCC(N(c2ccccc2)C(C)C)CC1.CC(C)N(c1ccccc1)[C@@H]1CCCN(C(=O)c2ccc(N3CCOCC3)cc2)C1.CC(C)N(c1ccccc1)[C@H]1CCCN(C(=O)c2ccc(N3CCOCC3)cc2)C1. The summed E-state index contributed by atoms with van der Waals surface area (Å²) in [6.45, 7) is 26.8. The number of para-hydroxylation sites is 3. The molecule has 0 unspecified atom stereocenters.